The summed E-state index contributed by atoms with van der Waals surface area (Å²) < 4.78 is 5.33. The molecule has 0 aromatic heterocycles. The standard InChI is InChI=1S/C10H10O2/c1-7-6-12-9-5-3-2-4-8(9)10(7)11/h3-6,9H,2H2,1H3. The van der Waals surface area contributed by atoms with Crippen LogP contribution in [-0.4, -0.2) is 11.9 Å². The number of fused-ring (bicyclic) bond motifs is 1. The van der Waals surface area contributed by atoms with Crippen molar-refractivity contribution in [2.45, 2.75) is 19.4 Å². The lowest BCUT2D eigenvalue weighted by molar-refractivity contribution is -0.114. The SMILES string of the molecule is CC1=COC2C=CCC=C2C1=O. The predicted molar refractivity (Wildman–Crippen MR) is 45.5 cm³/mol. The highest BCUT2D eigenvalue weighted by atomic mass is 16.5. The molecule has 1 heterocycles. The molecule has 1 aliphatic carbocycles. The number of hydrogen-bond acceptors (Lipinski definition) is 2. The van der Waals surface area contributed by atoms with Crippen LogP contribution in [0.15, 0.2) is 35.6 Å². The maximum atomic E-state index is 11.5. The number of hydrogen-bond donors (Lipinski definition) is 0. The van der Waals surface area contributed by atoms with Gasteiger partial charge in [0.15, 0.2) is 5.78 Å². The van der Waals surface area contributed by atoms with E-state index in [0.717, 1.165) is 12.0 Å². The van der Waals surface area contributed by atoms with Gasteiger partial charge >= 0.3 is 0 Å². The Hall–Kier alpha value is -1.31. The molecule has 0 fully saturated rings. The van der Waals surface area contributed by atoms with Crippen LogP contribution in [0.5, 0.6) is 0 Å². The second-order valence-electron chi connectivity index (χ2n) is 3.01. The van der Waals surface area contributed by atoms with E-state index in [1.54, 1.807) is 13.2 Å². The highest BCUT2D eigenvalue weighted by Crippen LogP contribution is 2.23. The Morgan fingerprint density at radius 2 is 2.42 bits per heavy atom. The van der Waals surface area contributed by atoms with E-state index >= 15 is 0 Å². The molecule has 2 nitrogen and oxygen atoms in total. The molecule has 1 unspecified atom stereocenters. The normalized spacial score (nSPS) is 27.1. The molecular formula is C10H10O2. The van der Waals surface area contributed by atoms with Crippen molar-refractivity contribution in [1.29, 1.82) is 0 Å². The van der Waals surface area contributed by atoms with E-state index in [2.05, 4.69) is 0 Å². The lowest BCUT2D eigenvalue weighted by Gasteiger charge is -2.23. The van der Waals surface area contributed by atoms with E-state index in [9.17, 15) is 4.79 Å². The molecule has 0 saturated heterocycles. The van der Waals surface area contributed by atoms with Crippen LogP contribution in [0, 0.1) is 0 Å². The molecule has 1 aliphatic heterocycles. The second kappa shape index (κ2) is 2.63. The largest absolute Gasteiger partial charge is 0.489 e. The smallest absolute Gasteiger partial charge is 0.191 e. The molecule has 0 aromatic rings. The monoisotopic (exact) mass is 162 g/mol. The summed E-state index contributed by atoms with van der Waals surface area (Å²) >= 11 is 0. The Morgan fingerprint density at radius 3 is 3.25 bits per heavy atom. The Morgan fingerprint density at radius 1 is 1.58 bits per heavy atom. The van der Waals surface area contributed by atoms with Crippen LogP contribution in [-0.2, 0) is 9.53 Å². The predicted octanol–water partition coefficient (Wildman–Crippen LogP) is 1.74. The lowest BCUT2D eigenvalue weighted by atomic mass is 9.94. The Balaban J connectivity index is 2.38. The minimum absolute atomic E-state index is 0.121. The fraction of sp³-hybridized carbons (Fsp3) is 0.300. The molecule has 62 valence electrons. The second-order valence-corrected chi connectivity index (χ2v) is 3.01. The van der Waals surface area contributed by atoms with E-state index in [1.165, 1.54) is 0 Å². The molecule has 1 atom stereocenters. The maximum Gasteiger partial charge on any atom is 0.191 e. The average molecular weight is 162 g/mol. The van der Waals surface area contributed by atoms with Crippen molar-refractivity contribution in [3.05, 3.63) is 35.6 Å². The van der Waals surface area contributed by atoms with Crippen molar-refractivity contribution in [3.8, 4) is 0 Å². The zero-order chi connectivity index (χ0) is 8.55. The summed E-state index contributed by atoms with van der Waals surface area (Å²) in [6.07, 6.45) is 8.12. The third-order valence-corrected chi connectivity index (χ3v) is 2.10. The van der Waals surface area contributed by atoms with Gasteiger partial charge in [0.1, 0.15) is 6.10 Å². The van der Waals surface area contributed by atoms with Gasteiger partial charge in [-0.3, -0.25) is 4.79 Å². The molecule has 2 heteroatoms. The van der Waals surface area contributed by atoms with Gasteiger partial charge in [-0.05, 0) is 19.4 Å². The number of carbonyl (C=O) groups excluding carboxylic acids is 1. The molecule has 0 bridgehead atoms. The van der Waals surface area contributed by atoms with Crippen molar-refractivity contribution >= 4 is 5.78 Å². The van der Waals surface area contributed by atoms with Gasteiger partial charge in [-0.1, -0.05) is 12.2 Å². The summed E-state index contributed by atoms with van der Waals surface area (Å²) in [5.74, 6) is 0.121. The number of ether oxygens (including phenoxy) is 1. The van der Waals surface area contributed by atoms with Crippen molar-refractivity contribution in [2.75, 3.05) is 0 Å². The summed E-state index contributed by atoms with van der Waals surface area (Å²) in [6.45, 7) is 1.78. The highest BCUT2D eigenvalue weighted by molar-refractivity contribution is 6.09. The minimum Gasteiger partial charge on any atom is -0.489 e. The van der Waals surface area contributed by atoms with Crippen LogP contribution in [0.25, 0.3) is 0 Å². The number of Topliss-reactive ketones (excluding diaryl/α,β-unsaturated/α-hetero) is 1. The van der Waals surface area contributed by atoms with Gasteiger partial charge in [0, 0.05) is 11.1 Å². The fourth-order valence-corrected chi connectivity index (χ4v) is 1.41. The van der Waals surface area contributed by atoms with Crippen molar-refractivity contribution < 1.29 is 9.53 Å². The molecule has 0 saturated carbocycles. The van der Waals surface area contributed by atoms with Gasteiger partial charge in [-0.15, -0.1) is 0 Å². The van der Waals surface area contributed by atoms with Crippen LogP contribution >= 0.6 is 0 Å². The van der Waals surface area contributed by atoms with Crippen molar-refractivity contribution in [2.24, 2.45) is 0 Å². The fourth-order valence-electron chi connectivity index (χ4n) is 1.41. The third-order valence-electron chi connectivity index (χ3n) is 2.10. The molecule has 0 radical (unpaired) electrons. The zero-order valence-corrected chi connectivity index (χ0v) is 6.91. The summed E-state index contributed by atoms with van der Waals surface area (Å²) in [4.78, 5) is 11.5. The van der Waals surface area contributed by atoms with E-state index in [0.29, 0.717) is 5.57 Å². The van der Waals surface area contributed by atoms with Crippen LogP contribution in [0.2, 0.25) is 0 Å². The molecule has 2 rings (SSSR count). The molecular weight excluding hydrogens is 152 g/mol. The van der Waals surface area contributed by atoms with Crippen LogP contribution < -0.4 is 0 Å². The van der Waals surface area contributed by atoms with Crippen molar-refractivity contribution in [1.82, 2.24) is 0 Å². The van der Waals surface area contributed by atoms with E-state index in [-0.39, 0.29) is 11.9 Å². The first-order valence-corrected chi connectivity index (χ1v) is 4.02. The number of ketones is 1. The first kappa shape index (κ1) is 7.35. The van der Waals surface area contributed by atoms with Gasteiger partial charge < -0.3 is 4.74 Å². The lowest BCUT2D eigenvalue weighted by Crippen LogP contribution is -2.24. The van der Waals surface area contributed by atoms with E-state index in [4.69, 9.17) is 4.74 Å². The highest BCUT2D eigenvalue weighted by Gasteiger charge is 2.25. The summed E-state index contributed by atoms with van der Waals surface area (Å²) in [6, 6.07) is 0. The molecule has 0 spiro atoms. The number of allylic oxidation sites excluding steroid dienone is 3. The first-order valence-electron chi connectivity index (χ1n) is 4.02. The van der Waals surface area contributed by atoms with Crippen LogP contribution in [0.1, 0.15) is 13.3 Å². The van der Waals surface area contributed by atoms with Gasteiger partial charge in [0.05, 0.1) is 6.26 Å². The maximum absolute atomic E-state index is 11.5. The molecule has 2 aliphatic rings. The Kier molecular flexibility index (Phi) is 1.61. The average Bonchev–Trinajstić information content (AvgIpc) is 2.12. The summed E-state index contributed by atoms with van der Waals surface area (Å²) in [7, 11) is 0. The zero-order valence-electron chi connectivity index (χ0n) is 6.91. The minimum atomic E-state index is -0.130. The van der Waals surface area contributed by atoms with Crippen LogP contribution in [0.4, 0.5) is 0 Å². The Bertz CT molecular complexity index is 308. The summed E-state index contributed by atoms with van der Waals surface area (Å²) in [5.41, 5.74) is 1.48. The molecule has 0 aromatic carbocycles. The topological polar surface area (TPSA) is 26.3 Å². The molecule has 0 amide bonds. The molecule has 12 heavy (non-hydrogen) atoms. The van der Waals surface area contributed by atoms with E-state index < -0.39 is 0 Å². The summed E-state index contributed by atoms with van der Waals surface area (Å²) in [5, 5.41) is 0. The van der Waals surface area contributed by atoms with Gasteiger partial charge in [0.2, 0.25) is 0 Å². The van der Waals surface area contributed by atoms with Crippen LogP contribution in [0.3, 0.4) is 0 Å². The van der Waals surface area contributed by atoms with Crippen molar-refractivity contribution in [3.63, 3.8) is 0 Å². The number of rotatable bonds is 0. The van der Waals surface area contributed by atoms with E-state index in [1.807, 2.05) is 18.2 Å². The Labute approximate surface area is 71.2 Å². The third kappa shape index (κ3) is 0.998. The van der Waals surface area contributed by atoms with Gasteiger partial charge in [-0.2, -0.15) is 0 Å². The quantitative estimate of drug-likeness (QED) is 0.507. The number of carbonyl (C=O) groups is 1. The molecule has 0 N–H and O–H groups in total. The first-order chi connectivity index (χ1) is 5.79. The van der Waals surface area contributed by atoms with Gasteiger partial charge in [0.25, 0.3) is 0 Å². The van der Waals surface area contributed by atoms with Gasteiger partial charge in [-0.25, -0.2) is 0 Å².